The Morgan fingerprint density at radius 2 is 1.61 bits per heavy atom. The van der Waals surface area contributed by atoms with E-state index >= 15 is 0 Å². The highest BCUT2D eigenvalue weighted by atomic mass is 35.5. The van der Waals surface area contributed by atoms with Crippen molar-refractivity contribution < 1.29 is 19.1 Å². The summed E-state index contributed by atoms with van der Waals surface area (Å²) in [7, 11) is 0. The number of nitrogens with zero attached hydrogens (tertiary/aromatic N) is 1. The van der Waals surface area contributed by atoms with Crippen molar-refractivity contribution in [2.24, 2.45) is 5.10 Å². The molecule has 0 saturated heterocycles. The van der Waals surface area contributed by atoms with Crippen LogP contribution in [0.4, 0.5) is 11.4 Å². The van der Waals surface area contributed by atoms with Gasteiger partial charge < -0.3 is 15.4 Å². The fraction of sp³-hybridized carbons (Fsp3) is 0.0833. The molecule has 0 unspecified atom stereocenters. The van der Waals surface area contributed by atoms with Gasteiger partial charge in [-0.25, -0.2) is 5.43 Å². The molecular weight excluding hydrogens is 444 g/mol. The first-order valence-corrected chi connectivity index (χ1v) is 10.3. The van der Waals surface area contributed by atoms with Crippen LogP contribution in [0.2, 0.25) is 5.02 Å². The molecule has 9 heteroatoms. The first-order valence-electron chi connectivity index (χ1n) is 9.89. The molecular formula is C24H21ClN4O4. The number of ether oxygens (including phenoxy) is 1. The van der Waals surface area contributed by atoms with E-state index in [1.54, 1.807) is 60.7 Å². The maximum Gasteiger partial charge on any atom is 0.329 e. The third-order valence-corrected chi connectivity index (χ3v) is 4.61. The second kappa shape index (κ2) is 11.4. The van der Waals surface area contributed by atoms with E-state index in [9.17, 15) is 14.4 Å². The van der Waals surface area contributed by atoms with Gasteiger partial charge in [0.1, 0.15) is 5.75 Å². The van der Waals surface area contributed by atoms with Crippen molar-refractivity contribution in [3.05, 3.63) is 88.9 Å². The van der Waals surface area contributed by atoms with Crippen LogP contribution in [0.3, 0.4) is 0 Å². The Balaban J connectivity index is 1.43. The Kier molecular flexibility index (Phi) is 8.15. The van der Waals surface area contributed by atoms with Crippen LogP contribution in [0.1, 0.15) is 11.1 Å². The Labute approximate surface area is 195 Å². The number of amides is 3. The number of nitrogens with one attached hydrogen (secondary N) is 3. The molecule has 3 aromatic rings. The number of halogens is 1. The number of carbonyl (C=O) groups excluding carboxylic acids is 3. The lowest BCUT2D eigenvalue weighted by atomic mass is 10.2. The zero-order valence-corrected chi connectivity index (χ0v) is 18.4. The molecule has 0 bridgehead atoms. The van der Waals surface area contributed by atoms with Gasteiger partial charge in [-0.1, -0.05) is 29.8 Å². The monoisotopic (exact) mass is 464 g/mol. The van der Waals surface area contributed by atoms with E-state index in [0.717, 1.165) is 5.56 Å². The third kappa shape index (κ3) is 7.48. The van der Waals surface area contributed by atoms with Crippen molar-refractivity contribution in [1.82, 2.24) is 5.43 Å². The number of aryl methyl sites for hydroxylation is 1. The molecule has 0 aromatic heterocycles. The van der Waals surface area contributed by atoms with Crippen LogP contribution in [0, 0.1) is 6.92 Å². The van der Waals surface area contributed by atoms with Gasteiger partial charge in [-0.2, -0.15) is 5.10 Å². The lowest BCUT2D eigenvalue weighted by Gasteiger charge is -2.08. The van der Waals surface area contributed by atoms with Crippen LogP contribution in [-0.2, 0) is 14.4 Å². The van der Waals surface area contributed by atoms with Gasteiger partial charge in [0.05, 0.1) is 6.21 Å². The molecule has 0 saturated carbocycles. The van der Waals surface area contributed by atoms with Crippen molar-refractivity contribution in [1.29, 1.82) is 0 Å². The van der Waals surface area contributed by atoms with Gasteiger partial charge in [-0.15, -0.1) is 0 Å². The number of anilines is 2. The van der Waals surface area contributed by atoms with E-state index in [0.29, 0.717) is 27.7 Å². The summed E-state index contributed by atoms with van der Waals surface area (Å²) in [6.45, 7) is 1.66. The molecule has 0 aliphatic carbocycles. The van der Waals surface area contributed by atoms with Gasteiger partial charge in [0.2, 0.25) is 0 Å². The Morgan fingerprint density at radius 3 is 2.30 bits per heavy atom. The number of hydrogen-bond acceptors (Lipinski definition) is 5. The topological polar surface area (TPSA) is 109 Å². The lowest BCUT2D eigenvalue weighted by molar-refractivity contribution is -0.136. The maximum atomic E-state index is 12.0. The van der Waals surface area contributed by atoms with Crippen molar-refractivity contribution in [3.63, 3.8) is 0 Å². The molecule has 3 amide bonds. The Bertz CT molecular complexity index is 1160. The summed E-state index contributed by atoms with van der Waals surface area (Å²) in [5.74, 6) is -1.53. The number of hydrogen-bond donors (Lipinski definition) is 3. The molecule has 0 atom stereocenters. The number of hydrazone groups is 1. The van der Waals surface area contributed by atoms with Crippen LogP contribution in [0.5, 0.6) is 5.75 Å². The molecule has 3 aromatic carbocycles. The van der Waals surface area contributed by atoms with Crippen LogP contribution >= 0.6 is 11.6 Å². The zero-order valence-electron chi connectivity index (χ0n) is 17.7. The minimum absolute atomic E-state index is 0.165. The molecule has 0 radical (unpaired) electrons. The minimum atomic E-state index is -0.888. The quantitative estimate of drug-likeness (QED) is 0.281. The van der Waals surface area contributed by atoms with Crippen molar-refractivity contribution in [3.8, 4) is 5.75 Å². The maximum absolute atomic E-state index is 12.0. The van der Waals surface area contributed by atoms with Crippen LogP contribution < -0.4 is 20.8 Å². The molecule has 33 heavy (non-hydrogen) atoms. The van der Waals surface area contributed by atoms with Crippen molar-refractivity contribution in [2.75, 3.05) is 17.2 Å². The Hall–Kier alpha value is -4.17. The summed E-state index contributed by atoms with van der Waals surface area (Å²) in [4.78, 5) is 35.8. The lowest BCUT2D eigenvalue weighted by Crippen LogP contribution is -2.32. The molecule has 0 heterocycles. The summed E-state index contributed by atoms with van der Waals surface area (Å²) >= 11 is 5.81. The molecule has 8 nitrogen and oxygen atoms in total. The normalized spacial score (nSPS) is 10.5. The van der Waals surface area contributed by atoms with E-state index < -0.39 is 11.8 Å². The third-order valence-electron chi connectivity index (χ3n) is 4.36. The van der Waals surface area contributed by atoms with Crippen LogP contribution in [0.25, 0.3) is 0 Å². The average molecular weight is 465 g/mol. The highest BCUT2D eigenvalue weighted by molar-refractivity contribution is 6.39. The van der Waals surface area contributed by atoms with E-state index in [-0.39, 0.29) is 12.5 Å². The second-order valence-corrected chi connectivity index (χ2v) is 7.32. The van der Waals surface area contributed by atoms with Crippen molar-refractivity contribution >= 4 is 46.9 Å². The highest BCUT2D eigenvalue weighted by Gasteiger charge is 2.13. The van der Waals surface area contributed by atoms with Gasteiger partial charge in [0.25, 0.3) is 5.91 Å². The first kappa shape index (κ1) is 23.5. The summed E-state index contributed by atoms with van der Waals surface area (Å²) < 4.78 is 5.45. The second-order valence-electron chi connectivity index (χ2n) is 6.88. The first-order chi connectivity index (χ1) is 15.9. The number of para-hydroxylation sites is 1. The van der Waals surface area contributed by atoms with Gasteiger partial charge >= 0.3 is 11.8 Å². The highest BCUT2D eigenvalue weighted by Crippen LogP contribution is 2.15. The van der Waals surface area contributed by atoms with E-state index in [4.69, 9.17) is 16.3 Å². The Morgan fingerprint density at radius 1 is 0.909 bits per heavy atom. The SMILES string of the molecule is Cc1ccccc1NC(=O)C(=O)NN=Cc1ccc(OCC(=O)Nc2ccc(Cl)cc2)cc1. The molecule has 168 valence electrons. The average Bonchev–Trinajstić information content (AvgIpc) is 2.81. The largest absolute Gasteiger partial charge is 0.484 e. The summed E-state index contributed by atoms with van der Waals surface area (Å²) in [6, 6.07) is 20.6. The van der Waals surface area contributed by atoms with E-state index in [1.807, 2.05) is 19.1 Å². The van der Waals surface area contributed by atoms with Crippen LogP contribution in [0.15, 0.2) is 77.9 Å². The molecule has 0 spiro atoms. The van der Waals surface area contributed by atoms with Gasteiger partial charge in [0, 0.05) is 16.4 Å². The smallest absolute Gasteiger partial charge is 0.329 e. The number of carbonyl (C=O) groups is 3. The van der Waals surface area contributed by atoms with Gasteiger partial charge in [-0.3, -0.25) is 14.4 Å². The van der Waals surface area contributed by atoms with Crippen LogP contribution in [-0.4, -0.2) is 30.5 Å². The summed E-state index contributed by atoms with van der Waals surface area (Å²) in [6.07, 6.45) is 1.38. The molecule has 0 fully saturated rings. The molecule has 3 rings (SSSR count). The van der Waals surface area contributed by atoms with Gasteiger partial charge in [-0.05, 0) is 72.6 Å². The fourth-order valence-corrected chi connectivity index (χ4v) is 2.76. The predicted octanol–water partition coefficient (Wildman–Crippen LogP) is 3.75. The summed E-state index contributed by atoms with van der Waals surface area (Å²) in [5.41, 5.74) is 4.85. The van der Waals surface area contributed by atoms with E-state index in [2.05, 4.69) is 21.2 Å². The van der Waals surface area contributed by atoms with Gasteiger partial charge in [0.15, 0.2) is 6.61 Å². The van der Waals surface area contributed by atoms with E-state index in [1.165, 1.54) is 6.21 Å². The molecule has 0 aliphatic heterocycles. The fourth-order valence-electron chi connectivity index (χ4n) is 2.64. The number of rotatable bonds is 7. The standard InChI is InChI=1S/C24H21ClN4O4/c1-16-4-2-3-5-21(16)28-23(31)24(32)29-26-14-17-6-12-20(13-7-17)33-15-22(30)27-19-10-8-18(25)9-11-19/h2-14H,15H2,1H3,(H,27,30)(H,28,31)(H,29,32). The summed E-state index contributed by atoms with van der Waals surface area (Å²) in [5, 5.41) is 9.59. The zero-order chi connectivity index (χ0) is 23.6. The minimum Gasteiger partial charge on any atom is -0.484 e. The predicted molar refractivity (Wildman–Crippen MR) is 128 cm³/mol. The molecule has 3 N–H and O–H groups in total. The number of benzene rings is 3. The van der Waals surface area contributed by atoms with Crippen molar-refractivity contribution in [2.45, 2.75) is 6.92 Å². The molecule has 0 aliphatic rings.